The Kier molecular flexibility index (Phi) is 42.7. The molecule has 0 bridgehead atoms. The van der Waals surface area contributed by atoms with Gasteiger partial charge in [0.1, 0.15) is 0 Å². The average molecular weight is 580 g/mol. The van der Waals surface area contributed by atoms with Gasteiger partial charge in [-0.05, 0) is 39.5 Å². The molecular formula is C32H71N2O6+. The molecule has 8 nitrogen and oxygen atoms in total. The SMILES string of the molecule is C=C(C)C(=O)O.C=C(C)C(=O)O.CCCCCCCCC[N+](C)(C)C.CCCCCCCCC[N+](C)(C)C.O.[OH-]. The third kappa shape index (κ3) is 65.4. The second-order valence-electron chi connectivity index (χ2n) is 12.4. The molecule has 0 unspecified atom stereocenters. The highest BCUT2D eigenvalue weighted by atomic mass is 16.4. The van der Waals surface area contributed by atoms with E-state index in [2.05, 4.69) is 69.3 Å². The number of hydrogen-bond donors (Lipinski definition) is 2. The zero-order chi connectivity index (χ0) is 30.6. The number of carboxylic acid groups (broad SMARTS) is 2. The summed E-state index contributed by atoms with van der Waals surface area (Å²) in [5, 5.41) is 15.8. The number of aliphatic carboxylic acids is 2. The van der Waals surface area contributed by atoms with Crippen molar-refractivity contribution in [3.63, 3.8) is 0 Å². The molecule has 0 atom stereocenters. The van der Waals surface area contributed by atoms with Crippen molar-refractivity contribution in [2.24, 2.45) is 0 Å². The third-order valence-electron chi connectivity index (χ3n) is 5.60. The zero-order valence-electron chi connectivity index (χ0n) is 28.3. The van der Waals surface area contributed by atoms with Gasteiger partial charge < -0.3 is 30.1 Å². The minimum Gasteiger partial charge on any atom is -0.870 e. The Morgan fingerprint density at radius 3 is 0.850 bits per heavy atom. The number of quaternary nitrogens is 2. The first kappa shape index (κ1) is 51.0. The molecule has 0 aromatic carbocycles. The van der Waals surface area contributed by atoms with E-state index in [9.17, 15) is 9.59 Å². The number of rotatable bonds is 18. The lowest BCUT2D eigenvalue weighted by Crippen LogP contribution is -2.35. The van der Waals surface area contributed by atoms with E-state index in [0.717, 1.165) is 8.97 Å². The Hall–Kier alpha value is -1.74. The van der Waals surface area contributed by atoms with Gasteiger partial charge in [0.05, 0.1) is 55.4 Å². The van der Waals surface area contributed by atoms with Crippen LogP contribution in [0.15, 0.2) is 24.3 Å². The van der Waals surface area contributed by atoms with E-state index in [0.29, 0.717) is 0 Å². The number of carbonyl (C=O) groups is 2. The number of carboxylic acids is 2. The van der Waals surface area contributed by atoms with E-state index in [-0.39, 0.29) is 22.1 Å². The molecule has 0 fully saturated rings. The molecule has 0 rings (SSSR count). The largest absolute Gasteiger partial charge is 0.870 e. The molecule has 5 N–H and O–H groups in total. The minimum absolute atomic E-state index is 0. The molecule has 0 radical (unpaired) electrons. The van der Waals surface area contributed by atoms with Crippen molar-refractivity contribution in [2.45, 2.75) is 118 Å². The Balaban J connectivity index is -0.000000101. The van der Waals surface area contributed by atoms with Crippen molar-refractivity contribution in [2.75, 3.05) is 55.4 Å². The van der Waals surface area contributed by atoms with Gasteiger partial charge >= 0.3 is 11.9 Å². The average Bonchev–Trinajstić information content (AvgIpc) is 2.77. The lowest BCUT2D eigenvalue weighted by Gasteiger charge is -2.23. The molecule has 0 aliphatic heterocycles. The van der Waals surface area contributed by atoms with E-state index in [1.54, 1.807) is 0 Å². The van der Waals surface area contributed by atoms with Crippen LogP contribution in [0.25, 0.3) is 0 Å². The molecule has 0 aromatic rings. The van der Waals surface area contributed by atoms with Gasteiger partial charge in [0.15, 0.2) is 0 Å². The molecular weight excluding hydrogens is 508 g/mol. The van der Waals surface area contributed by atoms with Crippen LogP contribution in [0.4, 0.5) is 0 Å². The van der Waals surface area contributed by atoms with Crippen molar-refractivity contribution in [3.8, 4) is 0 Å². The van der Waals surface area contributed by atoms with Crippen molar-refractivity contribution in [3.05, 3.63) is 24.3 Å². The van der Waals surface area contributed by atoms with Crippen molar-refractivity contribution < 1.29 is 39.7 Å². The highest BCUT2D eigenvalue weighted by Crippen LogP contribution is 2.09. The first-order valence-corrected chi connectivity index (χ1v) is 14.8. The summed E-state index contributed by atoms with van der Waals surface area (Å²) >= 11 is 0. The van der Waals surface area contributed by atoms with Gasteiger partial charge in [-0.25, -0.2) is 9.59 Å². The molecule has 244 valence electrons. The van der Waals surface area contributed by atoms with Crippen LogP contribution in [0.1, 0.15) is 118 Å². The fourth-order valence-electron chi connectivity index (χ4n) is 3.09. The topological polar surface area (TPSA) is 136 Å². The lowest BCUT2D eigenvalue weighted by atomic mass is 10.1. The predicted octanol–water partition coefficient (Wildman–Crippen LogP) is 7.18. The van der Waals surface area contributed by atoms with Crippen molar-refractivity contribution in [1.29, 1.82) is 0 Å². The van der Waals surface area contributed by atoms with Crippen LogP contribution in [0.3, 0.4) is 0 Å². The molecule has 0 spiro atoms. The van der Waals surface area contributed by atoms with Gasteiger partial charge in [0.25, 0.3) is 0 Å². The van der Waals surface area contributed by atoms with E-state index >= 15 is 0 Å². The Morgan fingerprint density at radius 2 is 0.700 bits per heavy atom. The summed E-state index contributed by atoms with van der Waals surface area (Å²) in [7, 11) is 13.6. The van der Waals surface area contributed by atoms with E-state index in [1.807, 2.05) is 0 Å². The maximum absolute atomic E-state index is 9.60. The van der Waals surface area contributed by atoms with Crippen LogP contribution in [0.2, 0.25) is 0 Å². The van der Waals surface area contributed by atoms with Crippen LogP contribution in [0.5, 0.6) is 0 Å². The number of hydrogen-bond acceptors (Lipinski definition) is 3. The van der Waals surface area contributed by atoms with Crippen LogP contribution in [-0.4, -0.2) is 97.4 Å². The monoisotopic (exact) mass is 580 g/mol. The van der Waals surface area contributed by atoms with E-state index in [4.69, 9.17) is 10.2 Å². The Morgan fingerprint density at radius 1 is 0.525 bits per heavy atom. The quantitative estimate of drug-likeness (QED) is 0.101. The zero-order valence-corrected chi connectivity index (χ0v) is 28.3. The molecule has 40 heavy (non-hydrogen) atoms. The van der Waals surface area contributed by atoms with Crippen LogP contribution in [-0.2, 0) is 9.59 Å². The maximum Gasteiger partial charge on any atom is 0.330 e. The van der Waals surface area contributed by atoms with E-state index < -0.39 is 11.9 Å². The summed E-state index contributed by atoms with van der Waals surface area (Å²) in [6, 6.07) is 0. The third-order valence-corrected chi connectivity index (χ3v) is 5.60. The van der Waals surface area contributed by atoms with Crippen LogP contribution < -0.4 is 0 Å². The predicted molar refractivity (Wildman–Crippen MR) is 172 cm³/mol. The van der Waals surface area contributed by atoms with Crippen molar-refractivity contribution >= 4 is 11.9 Å². The summed E-state index contributed by atoms with van der Waals surface area (Å²) in [4.78, 5) is 19.2. The highest BCUT2D eigenvalue weighted by molar-refractivity contribution is 5.85. The molecule has 0 amide bonds. The van der Waals surface area contributed by atoms with Crippen molar-refractivity contribution in [1.82, 2.24) is 0 Å². The summed E-state index contributed by atoms with van der Waals surface area (Å²) < 4.78 is 2.24. The first-order valence-electron chi connectivity index (χ1n) is 14.8. The van der Waals surface area contributed by atoms with Crippen LogP contribution >= 0.6 is 0 Å². The van der Waals surface area contributed by atoms with Gasteiger partial charge in [0.2, 0.25) is 0 Å². The molecule has 0 heterocycles. The Bertz CT molecular complexity index is 517. The van der Waals surface area contributed by atoms with Gasteiger partial charge in [-0.15, -0.1) is 0 Å². The minimum atomic E-state index is -0.935. The normalized spacial score (nSPS) is 10.1. The number of unbranched alkanes of at least 4 members (excludes halogenated alkanes) is 12. The second kappa shape index (κ2) is 33.5. The highest BCUT2D eigenvalue weighted by Gasteiger charge is 2.05. The van der Waals surface area contributed by atoms with Gasteiger partial charge in [-0.1, -0.05) is 91.2 Å². The molecule has 0 aliphatic rings. The van der Waals surface area contributed by atoms with Gasteiger partial charge in [-0.2, -0.15) is 0 Å². The molecule has 0 saturated carbocycles. The lowest BCUT2D eigenvalue weighted by molar-refractivity contribution is -0.870. The molecule has 0 aromatic heterocycles. The van der Waals surface area contributed by atoms with Gasteiger partial charge in [0, 0.05) is 11.1 Å². The standard InChI is InChI=1S/2C12H28N.2C4H6O2.2H2O/c2*1-5-6-7-8-9-10-11-12-13(2,3)4;2*1-3(2)4(5)6;;/h2*5-12H2,1-4H3;2*1H2,2H3,(H,5,6);2*1H2/q2*+1;;;;/p-1. The second-order valence-corrected chi connectivity index (χ2v) is 12.4. The molecule has 8 heteroatoms. The Labute approximate surface area is 249 Å². The fraction of sp³-hybridized carbons (Fsp3) is 0.812. The number of nitrogens with zero attached hydrogens (tertiary/aromatic N) is 2. The summed E-state index contributed by atoms with van der Waals surface area (Å²) in [5.41, 5.74) is 0.352. The summed E-state index contributed by atoms with van der Waals surface area (Å²) in [6.45, 7) is 16.4. The smallest absolute Gasteiger partial charge is 0.330 e. The maximum atomic E-state index is 9.60. The molecule has 0 saturated heterocycles. The fourth-order valence-corrected chi connectivity index (χ4v) is 3.09. The van der Waals surface area contributed by atoms with Crippen LogP contribution in [0, 0.1) is 0 Å². The summed E-state index contributed by atoms with van der Waals surface area (Å²) in [5.74, 6) is -1.87. The van der Waals surface area contributed by atoms with Gasteiger partial charge in [-0.3, -0.25) is 0 Å². The first-order chi connectivity index (χ1) is 17.4. The summed E-state index contributed by atoms with van der Waals surface area (Å²) in [6.07, 6.45) is 19.9. The molecule has 0 aliphatic carbocycles. The van der Waals surface area contributed by atoms with E-state index in [1.165, 1.54) is 117 Å².